The molecule has 15 heavy (non-hydrogen) atoms. The smallest absolute Gasteiger partial charge is 0.203 e. The second kappa shape index (κ2) is 3.47. The van der Waals surface area contributed by atoms with E-state index in [9.17, 15) is 8.42 Å². The number of aliphatic hydroxyl groups excluding tert-OH is 1. The Hall–Kier alpha value is -1.13. The summed E-state index contributed by atoms with van der Waals surface area (Å²) in [6.45, 7) is 1.78. The average molecular weight is 224 g/mol. The highest BCUT2D eigenvalue weighted by molar-refractivity contribution is 7.95. The maximum absolute atomic E-state index is 11.9. The molecule has 0 spiro atoms. The Balaban J connectivity index is 2.58. The van der Waals surface area contributed by atoms with Crippen molar-refractivity contribution >= 4 is 15.9 Å². The van der Waals surface area contributed by atoms with Gasteiger partial charge in [-0.15, -0.1) is 0 Å². The molecular weight excluding hydrogens is 212 g/mol. The van der Waals surface area contributed by atoms with E-state index in [2.05, 4.69) is 0 Å². The minimum absolute atomic E-state index is 0.141. The van der Waals surface area contributed by atoms with Gasteiger partial charge >= 0.3 is 0 Å². The fourth-order valence-electron chi connectivity index (χ4n) is 1.73. The second-order valence-corrected chi connectivity index (χ2v) is 5.60. The number of fused-ring (bicyclic) bond motifs is 1. The van der Waals surface area contributed by atoms with E-state index in [4.69, 9.17) is 5.11 Å². The Morgan fingerprint density at radius 2 is 2.07 bits per heavy atom. The first-order valence-electron chi connectivity index (χ1n) is 4.73. The van der Waals surface area contributed by atoms with Crippen molar-refractivity contribution in [2.75, 3.05) is 6.61 Å². The molecular formula is C11H12O3S. The van der Waals surface area contributed by atoms with Gasteiger partial charge in [0, 0.05) is 13.0 Å². The molecule has 80 valence electrons. The van der Waals surface area contributed by atoms with E-state index in [1.807, 2.05) is 13.0 Å². The quantitative estimate of drug-likeness (QED) is 0.828. The third kappa shape index (κ3) is 1.60. The monoisotopic (exact) mass is 224 g/mol. The Morgan fingerprint density at radius 3 is 2.73 bits per heavy atom. The molecule has 0 aromatic heterocycles. The third-order valence-corrected chi connectivity index (χ3v) is 4.44. The van der Waals surface area contributed by atoms with E-state index < -0.39 is 9.84 Å². The van der Waals surface area contributed by atoms with E-state index in [-0.39, 0.29) is 13.0 Å². The predicted octanol–water partition coefficient (Wildman–Crippen LogP) is 1.51. The van der Waals surface area contributed by atoms with Crippen molar-refractivity contribution in [3.05, 3.63) is 34.2 Å². The lowest BCUT2D eigenvalue weighted by molar-refractivity contribution is 0.301. The van der Waals surface area contributed by atoms with Crippen LogP contribution in [0.25, 0.3) is 6.08 Å². The molecule has 0 unspecified atom stereocenters. The van der Waals surface area contributed by atoms with Crippen LogP contribution in [0.1, 0.15) is 17.5 Å². The minimum Gasteiger partial charge on any atom is -0.396 e. The molecule has 3 nitrogen and oxygen atoms in total. The largest absolute Gasteiger partial charge is 0.396 e. The Bertz CT molecular complexity index is 527. The van der Waals surface area contributed by atoms with Crippen LogP contribution in [0, 0.1) is 6.92 Å². The summed E-state index contributed by atoms with van der Waals surface area (Å²) in [5.74, 6) is 0. The molecule has 0 amide bonds. The Morgan fingerprint density at radius 1 is 1.33 bits per heavy atom. The van der Waals surface area contributed by atoms with Gasteiger partial charge in [0.05, 0.1) is 9.80 Å². The molecule has 0 atom stereocenters. The van der Waals surface area contributed by atoms with Gasteiger partial charge in [-0.1, -0.05) is 17.7 Å². The first-order valence-corrected chi connectivity index (χ1v) is 6.21. The third-order valence-electron chi connectivity index (χ3n) is 2.47. The highest BCUT2D eigenvalue weighted by Gasteiger charge is 2.28. The maximum Gasteiger partial charge on any atom is 0.203 e. The lowest BCUT2D eigenvalue weighted by atomic mass is 10.1. The van der Waals surface area contributed by atoms with Gasteiger partial charge in [0.25, 0.3) is 0 Å². The Kier molecular flexibility index (Phi) is 2.40. The number of aryl methyl sites for hydroxylation is 1. The van der Waals surface area contributed by atoms with Gasteiger partial charge in [0.1, 0.15) is 0 Å². The fraction of sp³-hybridized carbons (Fsp3) is 0.273. The summed E-state index contributed by atoms with van der Waals surface area (Å²) in [5, 5.41) is 8.79. The molecule has 1 aromatic rings. The number of hydrogen-bond donors (Lipinski definition) is 1. The number of rotatable bonds is 2. The lowest BCUT2D eigenvalue weighted by Crippen LogP contribution is -2.02. The van der Waals surface area contributed by atoms with Crippen LogP contribution in [0.3, 0.4) is 0 Å². The molecule has 0 aliphatic carbocycles. The second-order valence-electron chi connectivity index (χ2n) is 3.63. The van der Waals surface area contributed by atoms with E-state index in [0.29, 0.717) is 9.80 Å². The van der Waals surface area contributed by atoms with Crippen molar-refractivity contribution in [2.24, 2.45) is 0 Å². The van der Waals surface area contributed by atoms with Crippen molar-refractivity contribution in [1.29, 1.82) is 0 Å². The summed E-state index contributed by atoms with van der Waals surface area (Å²) in [5.41, 5.74) is 1.77. The molecule has 0 radical (unpaired) electrons. The van der Waals surface area contributed by atoms with E-state index in [0.717, 1.165) is 11.1 Å². The van der Waals surface area contributed by atoms with E-state index in [1.165, 1.54) is 0 Å². The summed E-state index contributed by atoms with van der Waals surface area (Å²) in [6.07, 6.45) is 1.84. The standard InChI is InChI=1S/C11H12O3S/c1-8-2-3-11-9(6-8)7-10(4-5-12)15(11,13)14/h2-3,6-7,12H,4-5H2,1H3. The molecule has 4 heteroatoms. The van der Waals surface area contributed by atoms with Crippen LogP contribution < -0.4 is 0 Å². The zero-order valence-corrected chi connectivity index (χ0v) is 9.21. The van der Waals surface area contributed by atoms with Crippen molar-refractivity contribution in [2.45, 2.75) is 18.2 Å². The number of sulfone groups is 1. The summed E-state index contributed by atoms with van der Waals surface area (Å²) in [6, 6.07) is 5.25. The predicted molar refractivity (Wildman–Crippen MR) is 58.0 cm³/mol. The van der Waals surface area contributed by atoms with Gasteiger partial charge in [0.15, 0.2) is 0 Å². The summed E-state index contributed by atoms with van der Waals surface area (Å²) >= 11 is 0. The van der Waals surface area contributed by atoms with E-state index in [1.54, 1.807) is 18.2 Å². The van der Waals surface area contributed by atoms with Crippen molar-refractivity contribution in [1.82, 2.24) is 0 Å². The lowest BCUT2D eigenvalue weighted by Gasteiger charge is -2.01. The fourth-order valence-corrected chi connectivity index (χ4v) is 3.33. The zero-order valence-electron chi connectivity index (χ0n) is 8.40. The van der Waals surface area contributed by atoms with Gasteiger partial charge in [0.2, 0.25) is 9.84 Å². The molecule has 0 fully saturated rings. The maximum atomic E-state index is 11.9. The molecule has 1 heterocycles. The normalized spacial score (nSPS) is 17.3. The summed E-state index contributed by atoms with van der Waals surface area (Å²) < 4.78 is 23.8. The van der Waals surface area contributed by atoms with E-state index >= 15 is 0 Å². The number of benzene rings is 1. The highest BCUT2D eigenvalue weighted by atomic mass is 32.2. The van der Waals surface area contributed by atoms with Crippen LogP contribution in [-0.2, 0) is 9.84 Å². The summed E-state index contributed by atoms with van der Waals surface area (Å²) in [4.78, 5) is 0.669. The van der Waals surface area contributed by atoms with Crippen LogP contribution >= 0.6 is 0 Å². The van der Waals surface area contributed by atoms with Gasteiger partial charge in [-0.3, -0.25) is 0 Å². The first-order chi connectivity index (χ1) is 7.05. The van der Waals surface area contributed by atoms with Crippen LogP contribution in [0.5, 0.6) is 0 Å². The van der Waals surface area contributed by atoms with Gasteiger partial charge in [-0.25, -0.2) is 8.42 Å². The number of hydrogen-bond acceptors (Lipinski definition) is 3. The molecule has 0 saturated carbocycles. The molecule has 1 N–H and O–H groups in total. The van der Waals surface area contributed by atoms with Crippen molar-refractivity contribution in [3.63, 3.8) is 0 Å². The van der Waals surface area contributed by atoms with Crippen molar-refractivity contribution < 1.29 is 13.5 Å². The van der Waals surface area contributed by atoms with Crippen molar-refractivity contribution in [3.8, 4) is 0 Å². The van der Waals surface area contributed by atoms with Gasteiger partial charge < -0.3 is 5.11 Å². The average Bonchev–Trinajstić information content (AvgIpc) is 2.39. The highest BCUT2D eigenvalue weighted by Crippen LogP contribution is 2.34. The molecule has 0 bridgehead atoms. The number of aliphatic hydroxyl groups is 1. The van der Waals surface area contributed by atoms with Crippen LogP contribution in [0.15, 0.2) is 28.0 Å². The minimum atomic E-state index is -3.32. The van der Waals surface area contributed by atoms with Crippen LogP contribution in [-0.4, -0.2) is 20.1 Å². The molecule has 1 aliphatic rings. The van der Waals surface area contributed by atoms with Crippen LogP contribution in [0.4, 0.5) is 0 Å². The molecule has 2 rings (SSSR count). The molecule has 0 saturated heterocycles. The zero-order chi connectivity index (χ0) is 11.1. The topological polar surface area (TPSA) is 54.4 Å². The first kappa shape index (κ1) is 10.4. The molecule has 1 aromatic carbocycles. The van der Waals surface area contributed by atoms with Gasteiger partial charge in [-0.05, 0) is 24.6 Å². The van der Waals surface area contributed by atoms with Crippen LogP contribution in [0.2, 0.25) is 0 Å². The molecule has 1 aliphatic heterocycles. The van der Waals surface area contributed by atoms with Gasteiger partial charge in [-0.2, -0.15) is 0 Å². The summed E-state index contributed by atoms with van der Waals surface area (Å²) in [7, 11) is -3.32. The SMILES string of the molecule is Cc1ccc2c(c1)C=C(CCO)S2(=O)=O. The Labute approximate surface area is 89.0 Å².